The zero-order valence-electron chi connectivity index (χ0n) is 9.34. The Kier molecular flexibility index (Phi) is 6.36. The fraction of sp³-hybridized carbons (Fsp3) is 0.909. The minimum absolute atomic E-state index is 0.000999. The number of amides is 1. The number of unbranched alkanes of at least 4 members (excludes halogenated alkanes) is 2. The monoisotopic (exact) mass is 214 g/mol. The van der Waals surface area contributed by atoms with Crippen LogP contribution in [-0.4, -0.2) is 18.6 Å². The van der Waals surface area contributed by atoms with E-state index in [1.807, 2.05) is 0 Å². The molecule has 0 aromatic carbocycles. The lowest BCUT2D eigenvalue weighted by Crippen LogP contribution is -2.28. The summed E-state index contributed by atoms with van der Waals surface area (Å²) in [6.45, 7) is 0.709. The molecule has 0 unspecified atom stereocenters. The lowest BCUT2D eigenvalue weighted by Gasteiger charge is -2.10. The fourth-order valence-corrected chi connectivity index (χ4v) is 1.81. The van der Waals surface area contributed by atoms with Crippen LogP contribution in [-0.2, 0) is 9.63 Å². The van der Waals surface area contributed by atoms with E-state index in [0.29, 0.717) is 13.0 Å². The van der Waals surface area contributed by atoms with Crippen molar-refractivity contribution in [3.8, 4) is 0 Å². The van der Waals surface area contributed by atoms with Crippen LogP contribution in [0.15, 0.2) is 0 Å². The Morgan fingerprint density at radius 3 is 2.67 bits per heavy atom. The summed E-state index contributed by atoms with van der Waals surface area (Å²) in [4.78, 5) is 16.6. The average molecular weight is 214 g/mol. The number of nitrogens with two attached hydrogens (primary N) is 1. The van der Waals surface area contributed by atoms with Crippen molar-refractivity contribution in [3.63, 3.8) is 0 Å². The first-order valence-corrected chi connectivity index (χ1v) is 5.97. The van der Waals surface area contributed by atoms with Gasteiger partial charge in [0, 0.05) is 6.42 Å². The number of hydrogen-bond acceptors (Lipinski definition) is 3. The second kappa shape index (κ2) is 7.65. The molecule has 1 amide bonds. The zero-order valence-corrected chi connectivity index (χ0v) is 9.34. The summed E-state index contributed by atoms with van der Waals surface area (Å²) in [5.74, 6) is -0.000999. The smallest absolute Gasteiger partial charge is 0.243 e. The van der Waals surface area contributed by atoms with Gasteiger partial charge in [-0.25, -0.2) is 5.48 Å². The first-order valence-electron chi connectivity index (χ1n) is 5.97. The first kappa shape index (κ1) is 12.5. The number of nitrogens with one attached hydrogen (secondary N) is 1. The van der Waals surface area contributed by atoms with Gasteiger partial charge >= 0.3 is 0 Å². The third kappa shape index (κ3) is 5.74. The van der Waals surface area contributed by atoms with Crippen molar-refractivity contribution in [2.24, 2.45) is 5.73 Å². The molecule has 1 rings (SSSR count). The minimum Gasteiger partial charge on any atom is -0.330 e. The van der Waals surface area contributed by atoms with Gasteiger partial charge in [0.25, 0.3) is 0 Å². The molecule has 15 heavy (non-hydrogen) atoms. The fourth-order valence-electron chi connectivity index (χ4n) is 1.81. The molecule has 0 radical (unpaired) electrons. The quantitative estimate of drug-likeness (QED) is 0.498. The summed E-state index contributed by atoms with van der Waals surface area (Å²) in [5.41, 5.74) is 7.89. The Hall–Kier alpha value is -0.610. The van der Waals surface area contributed by atoms with Crippen LogP contribution < -0.4 is 11.2 Å². The van der Waals surface area contributed by atoms with Gasteiger partial charge < -0.3 is 5.73 Å². The van der Waals surface area contributed by atoms with Crippen molar-refractivity contribution in [2.45, 2.75) is 57.5 Å². The van der Waals surface area contributed by atoms with E-state index in [0.717, 1.165) is 32.1 Å². The largest absolute Gasteiger partial charge is 0.330 e. The predicted octanol–water partition coefficient (Wildman–Crippen LogP) is 1.50. The molecule has 88 valence electrons. The predicted molar refractivity (Wildman–Crippen MR) is 59.0 cm³/mol. The highest BCUT2D eigenvalue weighted by Gasteiger charge is 2.16. The van der Waals surface area contributed by atoms with Crippen LogP contribution in [0.25, 0.3) is 0 Å². The van der Waals surface area contributed by atoms with Crippen molar-refractivity contribution in [3.05, 3.63) is 0 Å². The van der Waals surface area contributed by atoms with Gasteiger partial charge in [-0.3, -0.25) is 9.63 Å². The SMILES string of the molecule is NCCCCCC(=O)NOC1CCCC1. The molecule has 1 fully saturated rings. The second-order valence-electron chi connectivity index (χ2n) is 4.15. The maximum absolute atomic E-state index is 11.3. The van der Waals surface area contributed by atoms with E-state index in [2.05, 4.69) is 5.48 Å². The van der Waals surface area contributed by atoms with Crippen LogP contribution in [0.1, 0.15) is 51.4 Å². The van der Waals surface area contributed by atoms with Crippen LogP contribution in [0.5, 0.6) is 0 Å². The normalized spacial score (nSPS) is 16.9. The van der Waals surface area contributed by atoms with E-state index in [4.69, 9.17) is 10.6 Å². The van der Waals surface area contributed by atoms with Crippen LogP contribution >= 0.6 is 0 Å². The molecule has 1 aliphatic rings. The van der Waals surface area contributed by atoms with E-state index in [-0.39, 0.29) is 12.0 Å². The van der Waals surface area contributed by atoms with Gasteiger partial charge in [-0.05, 0) is 32.2 Å². The minimum atomic E-state index is -0.000999. The summed E-state index contributed by atoms with van der Waals surface area (Å²) in [5, 5.41) is 0. The summed E-state index contributed by atoms with van der Waals surface area (Å²) >= 11 is 0. The van der Waals surface area contributed by atoms with Crippen LogP contribution in [0.2, 0.25) is 0 Å². The number of hydroxylamine groups is 1. The van der Waals surface area contributed by atoms with Gasteiger partial charge in [0.15, 0.2) is 0 Å². The topological polar surface area (TPSA) is 64.4 Å². The zero-order chi connectivity index (χ0) is 10.9. The van der Waals surface area contributed by atoms with Gasteiger partial charge in [-0.1, -0.05) is 19.3 Å². The van der Waals surface area contributed by atoms with Crippen molar-refractivity contribution in [2.75, 3.05) is 6.54 Å². The average Bonchev–Trinajstić information content (AvgIpc) is 2.74. The Bertz CT molecular complexity index is 179. The summed E-state index contributed by atoms with van der Waals surface area (Å²) < 4.78 is 0. The molecule has 0 heterocycles. The molecule has 1 aliphatic carbocycles. The van der Waals surface area contributed by atoms with Gasteiger partial charge in [0.2, 0.25) is 5.91 Å². The Morgan fingerprint density at radius 2 is 2.00 bits per heavy atom. The highest BCUT2D eigenvalue weighted by Crippen LogP contribution is 2.19. The van der Waals surface area contributed by atoms with E-state index in [1.54, 1.807) is 0 Å². The Labute approximate surface area is 91.5 Å². The van der Waals surface area contributed by atoms with Crippen molar-refractivity contribution < 1.29 is 9.63 Å². The molecule has 3 N–H and O–H groups in total. The molecule has 0 aromatic rings. The summed E-state index contributed by atoms with van der Waals surface area (Å²) in [6, 6.07) is 0. The molecule has 0 spiro atoms. The van der Waals surface area contributed by atoms with E-state index >= 15 is 0 Å². The van der Waals surface area contributed by atoms with Gasteiger partial charge in [0.05, 0.1) is 6.10 Å². The third-order valence-electron chi connectivity index (χ3n) is 2.75. The maximum atomic E-state index is 11.3. The van der Waals surface area contributed by atoms with Crippen molar-refractivity contribution >= 4 is 5.91 Å². The molecular weight excluding hydrogens is 192 g/mol. The second-order valence-corrected chi connectivity index (χ2v) is 4.15. The first-order chi connectivity index (χ1) is 7.33. The molecule has 0 atom stereocenters. The number of carbonyl (C=O) groups excluding carboxylic acids is 1. The van der Waals surface area contributed by atoms with Crippen molar-refractivity contribution in [1.29, 1.82) is 0 Å². The van der Waals surface area contributed by atoms with Gasteiger partial charge in [0.1, 0.15) is 0 Å². The van der Waals surface area contributed by atoms with E-state index < -0.39 is 0 Å². The lowest BCUT2D eigenvalue weighted by atomic mass is 10.2. The standard InChI is InChI=1S/C11H22N2O2/c12-9-5-1-2-8-11(14)13-15-10-6-3-4-7-10/h10H,1-9,12H2,(H,13,14). The van der Waals surface area contributed by atoms with E-state index in [9.17, 15) is 4.79 Å². The van der Waals surface area contributed by atoms with Crippen molar-refractivity contribution in [1.82, 2.24) is 5.48 Å². The molecule has 0 aliphatic heterocycles. The van der Waals surface area contributed by atoms with E-state index in [1.165, 1.54) is 12.8 Å². The molecule has 1 saturated carbocycles. The van der Waals surface area contributed by atoms with Crippen LogP contribution in [0, 0.1) is 0 Å². The highest BCUT2D eigenvalue weighted by atomic mass is 16.7. The third-order valence-corrected chi connectivity index (χ3v) is 2.75. The van der Waals surface area contributed by atoms with Crippen LogP contribution in [0.4, 0.5) is 0 Å². The summed E-state index contributed by atoms with van der Waals surface area (Å²) in [7, 11) is 0. The van der Waals surface area contributed by atoms with Crippen LogP contribution in [0.3, 0.4) is 0 Å². The molecule has 4 heteroatoms. The van der Waals surface area contributed by atoms with Gasteiger partial charge in [-0.2, -0.15) is 0 Å². The Morgan fingerprint density at radius 1 is 1.27 bits per heavy atom. The van der Waals surface area contributed by atoms with Gasteiger partial charge in [-0.15, -0.1) is 0 Å². The maximum Gasteiger partial charge on any atom is 0.243 e. The number of rotatable bonds is 7. The highest BCUT2D eigenvalue weighted by molar-refractivity contribution is 5.74. The molecule has 4 nitrogen and oxygen atoms in total. The lowest BCUT2D eigenvalue weighted by molar-refractivity contribution is -0.138. The Balaban J connectivity index is 1.93. The summed E-state index contributed by atoms with van der Waals surface area (Å²) in [6.07, 6.45) is 8.31. The number of hydrogen-bond donors (Lipinski definition) is 2. The number of carbonyl (C=O) groups is 1. The molecular formula is C11H22N2O2. The molecule has 0 bridgehead atoms. The molecule has 0 saturated heterocycles. The molecule has 0 aromatic heterocycles.